The van der Waals surface area contributed by atoms with Gasteiger partial charge in [-0.15, -0.1) is 0 Å². The monoisotopic (exact) mass is 591 g/mol. The zero-order valence-corrected chi connectivity index (χ0v) is 23.4. The molecular weight excluding hydrogens is 570 g/mol. The van der Waals surface area contributed by atoms with E-state index in [9.17, 15) is 24.3 Å². The smallest absolute Gasteiger partial charge is 0.308 e. The molecule has 1 fully saturated rings. The lowest BCUT2D eigenvalue weighted by molar-refractivity contribution is -0.122. The van der Waals surface area contributed by atoms with Gasteiger partial charge in [-0.2, -0.15) is 0 Å². The zero-order chi connectivity index (χ0) is 28.1. The van der Waals surface area contributed by atoms with Crippen LogP contribution in [0.2, 0.25) is 5.02 Å². The number of imide groups is 1. The molecular formula is C29H22ClN3O5S2. The molecule has 6 rings (SSSR count). The molecule has 0 bridgehead atoms. The van der Waals surface area contributed by atoms with E-state index in [1.807, 2.05) is 19.1 Å². The number of thiazole rings is 1. The van der Waals surface area contributed by atoms with Gasteiger partial charge in [0.1, 0.15) is 17.5 Å². The summed E-state index contributed by atoms with van der Waals surface area (Å²) in [5, 5.41) is 12.9. The Morgan fingerprint density at radius 1 is 0.950 bits per heavy atom. The highest BCUT2D eigenvalue weighted by atomic mass is 35.5. The van der Waals surface area contributed by atoms with E-state index in [0.717, 1.165) is 28.7 Å². The number of rotatable bonds is 5. The lowest BCUT2D eigenvalue weighted by Gasteiger charge is -2.30. The molecule has 3 aromatic carbocycles. The summed E-state index contributed by atoms with van der Waals surface area (Å²) in [5.41, 5.74) is 2.72. The first-order chi connectivity index (χ1) is 19.2. The number of phenolic OH excluding ortho intramolecular Hbond substituents is 1. The fourth-order valence-corrected chi connectivity index (χ4v) is 8.02. The number of amides is 3. The molecule has 3 atom stereocenters. The summed E-state index contributed by atoms with van der Waals surface area (Å²) >= 11 is 8.06. The van der Waals surface area contributed by atoms with Crippen LogP contribution < -0.4 is 15.1 Å². The van der Waals surface area contributed by atoms with Crippen LogP contribution >= 0.6 is 34.7 Å². The van der Waals surface area contributed by atoms with E-state index in [2.05, 4.69) is 5.32 Å². The number of aromatic nitrogens is 1. The van der Waals surface area contributed by atoms with Gasteiger partial charge in [0.2, 0.25) is 17.7 Å². The van der Waals surface area contributed by atoms with E-state index in [4.69, 9.17) is 11.6 Å². The van der Waals surface area contributed by atoms with E-state index in [1.54, 1.807) is 48.5 Å². The Morgan fingerprint density at radius 2 is 1.62 bits per heavy atom. The van der Waals surface area contributed by atoms with Gasteiger partial charge in [0.05, 0.1) is 16.6 Å². The summed E-state index contributed by atoms with van der Waals surface area (Å²) in [6, 6.07) is 20.2. The van der Waals surface area contributed by atoms with E-state index >= 15 is 0 Å². The zero-order valence-electron chi connectivity index (χ0n) is 21.0. The number of thioether (sulfide) groups is 1. The number of nitrogens with zero attached hydrogens (tertiary/aromatic N) is 2. The number of hydrogen-bond acceptors (Lipinski definition) is 7. The summed E-state index contributed by atoms with van der Waals surface area (Å²) in [4.78, 5) is 55.3. The van der Waals surface area contributed by atoms with Crippen molar-refractivity contribution in [2.75, 3.05) is 10.2 Å². The average molecular weight is 592 g/mol. The highest BCUT2D eigenvalue weighted by Gasteiger charge is 2.56. The van der Waals surface area contributed by atoms with Gasteiger partial charge in [0.25, 0.3) is 0 Å². The topological polar surface area (TPSA) is 109 Å². The Morgan fingerprint density at radius 3 is 2.30 bits per heavy atom. The summed E-state index contributed by atoms with van der Waals surface area (Å²) in [6.07, 6.45) is 0. The quantitative estimate of drug-likeness (QED) is 0.316. The van der Waals surface area contributed by atoms with E-state index in [0.29, 0.717) is 31.9 Å². The highest BCUT2D eigenvalue weighted by Crippen LogP contribution is 2.54. The number of aromatic hydroxyl groups is 1. The third kappa shape index (κ3) is 4.61. The Balaban J connectivity index is 1.40. The Hall–Kier alpha value is -3.86. The number of anilines is 2. The van der Waals surface area contributed by atoms with E-state index in [-0.39, 0.29) is 29.0 Å². The number of carbonyl (C=O) groups excluding carboxylic acids is 3. The maximum Gasteiger partial charge on any atom is 0.308 e. The van der Waals surface area contributed by atoms with Gasteiger partial charge in [0, 0.05) is 21.5 Å². The summed E-state index contributed by atoms with van der Waals surface area (Å²) in [5.74, 6) is -2.43. The second kappa shape index (κ2) is 10.3. The van der Waals surface area contributed by atoms with Crippen LogP contribution in [0.4, 0.5) is 11.4 Å². The molecule has 0 aliphatic carbocycles. The van der Waals surface area contributed by atoms with Crippen molar-refractivity contribution in [3.8, 4) is 5.75 Å². The predicted molar refractivity (Wildman–Crippen MR) is 155 cm³/mol. The number of phenols is 1. The van der Waals surface area contributed by atoms with Crippen LogP contribution in [-0.4, -0.2) is 32.6 Å². The molecule has 2 aliphatic heterocycles. The molecule has 0 radical (unpaired) electrons. The molecule has 11 heteroatoms. The number of carbonyl (C=O) groups is 3. The van der Waals surface area contributed by atoms with Crippen molar-refractivity contribution >= 4 is 63.8 Å². The second-order valence-electron chi connectivity index (χ2n) is 9.66. The first-order valence-electron chi connectivity index (χ1n) is 12.4. The maximum atomic E-state index is 13.9. The largest absolute Gasteiger partial charge is 0.508 e. The molecule has 1 aromatic heterocycles. The van der Waals surface area contributed by atoms with Gasteiger partial charge in [-0.3, -0.25) is 23.7 Å². The van der Waals surface area contributed by atoms with Gasteiger partial charge in [0.15, 0.2) is 0 Å². The fourth-order valence-electron chi connectivity index (χ4n) is 5.12. The number of nitrogens with one attached hydrogen (secondary N) is 1. The molecule has 3 unspecified atom stereocenters. The second-order valence-corrected chi connectivity index (χ2v) is 12.2. The third-order valence-electron chi connectivity index (χ3n) is 7.02. The van der Waals surface area contributed by atoms with Crippen molar-refractivity contribution < 1.29 is 19.5 Å². The lowest BCUT2D eigenvalue weighted by atomic mass is 9.83. The SMILES string of the molecule is Cc1ccc(N2C(=O)C3Sc4c(sc(=O)n4CC(=O)Nc4ccc(Cl)cc4)C(c4ccc(O)cc4)C3C2=O)cc1. The van der Waals surface area contributed by atoms with E-state index in [1.165, 1.54) is 21.6 Å². The Bertz CT molecular complexity index is 1700. The van der Waals surface area contributed by atoms with Gasteiger partial charge in [-0.05, 0) is 61.0 Å². The van der Waals surface area contributed by atoms with Crippen molar-refractivity contribution in [1.82, 2.24) is 4.57 Å². The molecule has 0 spiro atoms. The minimum Gasteiger partial charge on any atom is -0.508 e. The van der Waals surface area contributed by atoms with Crippen LogP contribution in [0, 0.1) is 12.8 Å². The number of halogens is 1. The van der Waals surface area contributed by atoms with Crippen LogP contribution in [0.1, 0.15) is 21.9 Å². The lowest BCUT2D eigenvalue weighted by Crippen LogP contribution is -2.33. The molecule has 8 nitrogen and oxygen atoms in total. The standard InChI is InChI=1S/C29H22ClN3O5S2/c1-15-2-10-19(11-3-15)33-26(36)23-22(16-4-12-20(34)13-5-16)25-28(39-24(23)27(33)37)32(29(38)40-25)14-21(35)31-18-8-6-17(30)7-9-18/h2-13,22-24,34H,14H2,1H3,(H,31,35). The average Bonchev–Trinajstić information content (AvgIpc) is 3.37. The summed E-state index contributed by atoms with van der Waals surface area (Å²) in [7, 11) is 0. The van der Waals surface area contributed by atoms with Gasteiger partial charge in [-0.1, -0.05) is 64.5 Å². The first kappa shape index (κ1) is 26.4. The molecule has 2 N–H and O–H groups in total. The first-order valence-corrected chi connectivity index (χ1v) is 14.5. The molecule has 3 amide bonds. The number of hydrogen-bond donors (Lipinski definition) is 2. The molecule has 1 saturated heterocycles. The number of benzene rings is 3. The van der Waals surface area contributed by atoms with Crippen molar-refractivity contribution in [2.24, 2.45) is 5.92 Å². The van der Waals surface area contributed by atoms with Gasteiger partial charge in [-0.25, -0.2) is 4.90 Å². The Kier molecular flexibility index (Phi) is 6.77. The summed E-state index contributed by atoms with van der Waals surface area (Å²) < 4.78 is 1.37. The number of fused-ring (bicyclic) bond motifs is 2. The highest BCUT2D eigenvalue weighted by molar-refractivity contribution is 8.00. The predicted octanol–water partition coefficient (Wildman–Crippen LogP) is 5.01. The van der Waals surface area contributed by atoms with Gasteiger partial charge >= 0.3 is 4.87 Å². The molecule has 40 heavy (non-hydrogen) atoms. The van der Waals surface area contributed by atoms with E-state index < -0.39 is 23.0 Å². The Labute approximate surface area is 242 Å². The fraction of sp³-hybridized carbons (Fsp3) is 0.172. The molecule has 4 aromatic rings. The van der Waals surface area contributed by atoms with Crippen LogP contribution in [-0.2, 0) is 20.9 Å². The van der Waals surface area contributed by atoms with Crippen molar-refractivity contribution in [3.63, 3.8) is 0 Å². The summed E-state index contributed by atoms with van der Waals surface area (Å²) in [6.45, 7) is 1.66. The molecule has 202 valence electrons. The minimum atomic E-state index is -0.792. The molecule has 0 saturated carbocycles. The van der Waals surface area contributed by atoms with Crippen molar-refractivity contribution in [2.45, 2.75) is 29.7 Å². The van der Waals surface area contributed by atoms with Crippen molar-refractivity contribution in [3.05, 3.63) is 103 Å². The van der Waals surface area contributed by atoms with Gasteiger partial charge < -0.3 is 10.4 Å². The maximum absolute atomic E-state index is 13.9. The number of aryl methyl sites for hydroxylation is 1. The van der Waals surface area contributed by atoms with Crippen LogP contribution in [0.3, 0.4) is 0 Å². The third-order valence-corrected chi connectivity index (χ3v) is 9.88. The van der Waals surface area contributed by atoms with Crippen LogP contribution in [0.5, 0.6) is 5.75 Å². The molecule has 2 aliphatic rings. The van der Waals surface area contributed by atoms with Crippen molar-refractivity contribution in [1.29, 1.82) is 0 Å². The molecule has 3 heterocycles. The van der Waals surface area contributed by atoms with Crippen LogP contribution in [0.25, 0.3) is 0 Å². The minimum absolute atomic E-state index is 0.0606. The van der Waals surface area contributed by atoms with Crippen LogP contribution in [0.15, 0.2) is 82.6 Å². The normalized spacial score (nSPS) is 19.9.